The van der Waals surface area contributed by atoms with Gasteiger partial charge in [-0.05, 0) is 55.1 Å². The van der Waals surface area contributed by atoms with E-state index in [1.807, 2.05) is 12.3 Å². The largest absolute Gasteiger partial charge is 0.236 e. The summed E-state index contributed by atoms with van der Waals surface area (Å²) in [6.45, 7) is 0. The van der Waals surface area contributed by atoms with Crippen LogP contribution < -0.4 is 0 Å². The van der Waals surface area contributed by atoms with Crippen molar-refractivity contribution in [2.24, 2.45) is 4.99 Å². The fraction of sp³-hybridized carbons (Fsp3) is 0.400. The molecule has 2 rings (SSSR count). The molecule has 0 atom stereocenters. The third-order valence-electron chi connectivity index (χ3n) is 2.37. The highest BCUT2D eigenvalue weighted by atomic mass is 32.1. The maximum atomic E-state index is 4.53. The summed E-state index contributed by atoms with van der Waals surface area (Å²) in [5, 5.41) is 2.34. The van der Waals surface area contributed by atoms with E-state index < -0.39 is 0 Å². The molecule has 0 bridgehead atoms. The van der Waals surface area contributed by atoms with Crippen molar-refractivity contribution in [2.75, 3.05) is 0 Å². The van der Waals surface area contributed by atoms with Crippen LogP contribution in [0.5, 0.6) is 0 Å². The first-order valence-corrected chi connectivity index (χ1v) is 4.86. The molecule has 0 unspecified atom stereocenters. The molecule has 0 amide bonds. The Morgan fingerprint density at radius 1 is 1.31 bits per heavy atom. The smallest absolute Gasteiger partial charge is 0.162 e. The maximum Gasteiger partial charge on any atom is 0.162 e. The van der Waals surface area contributed by atoms with Gasteiger partial charge in [0.1, 0.15) is 0 Å². The fourth-order valence-corrected chi connectivity index (χ4v) is 1.80. The van der Waals surface area contributed by atoms with Gasteiger partial charge in [0, 0.05) is 6.20 Å². The predicted molar refractivity (Wildman–Crippen MR) is 55.6 cm³/mol. The van der Waals surface area contributed by atoms with Crippen molar-refractivity contribution in [3.8, 4) is 0 Å². The Labute approximate surface area is 82.7 Å². The summed E-state index contributed by atoms with van der Waals surface area (Å²) in [5.41, 5.74) is 2.75. The lowest BCUT2D eigenvalue weighted by Gasteiger charge is -2.14. The highest BCUT2D eigenvalue weighted by Gasteiger charge is 2.09. The molecule has 0 spiro atoms. The van der Waals surface area contributed by atoms with Gasteiger partial charge in [-0.2, -0.15) is 4.99 Å². The van der Waals surface area contributed by atoms with Gasteiger partial charge in [0.15, 0.2) is 5.82 Å². The molecular weight excluding hydrogens is 180 g/mol. The Bertz CT molecular complexity index is 367. The van der Waals surface area contributed by atoms with Gasteiger partial charge in [-0.3, -0.25) is 0 Å². The number of fused-ring (bicyclic) bond motifs is 1. The van der Waals surface area contributed by atoms with Crippen LogP contribution in [0.2, 0.25) is 0 Å². The number of aryl methyl sites for hydroxylation is 2. The molecule has 0 saturated heterocycles. The molecule has 0 N–H and O–H groups in total. The average Bonchev–Trinajstić information content (AvgIpc) is 2.18. The molecule has 0 radical (unpaired) electrons. The van der Waals surface area contributed by atoms with Crippen LogP contribution in [0.1, 0.15) is 24.0 Å². The lowest BCUT2D eigenvalue weighted by Crippen LogP contribution is -2.02. The van der Waals surface area contributed by atoms with Crippen LogP contribution in [0.4, 0.5) is 5.82 Å². The average molecular weight is 190 g/mol. The second-order valence-corrected chi connectivity index (χ2v) is 3.40. The number of aromatic nitrogens is 1. The molecule has 0 aromatic carbocycles. The van der Waals surface area contributed by atoms with E-state index in [9.17, 15) is 0 Å². The summed E-state index contributed by atoms with van der Waals surface area (Å²) in [6.07, 6.45) is 6.78. The van der Waals surface area contributed by atoms with E-state index in [2.05, 4.69) is 27.4 Å². The van der Waals surface area contributed by atoms with Gasteiger partial charge in [-0.1, -0.05) is 0 Å². The van der Waals surface area contributed by atoms with Gasteiger partial charge >= 0.3 is 0 Å². The predicted octanol–water partition coefficient (Wildman–Crippen LogP) is 2.69. The standard InChI is InChI=1S/C10H10N2S/c13-7-12-10-5-8-3-1-2-4-9(8)6-11-10/h5-6H,1-4H2. The normalized spacial score (nSPS) is 14.5. The summed E-state index contributed by atoms with van der Waals surface area (Å²) in [7, 11) is 0. The third kappa shape index (κ3) is 1.82. The Morgan fingerprint density at radius 2 is 2.08 bits per heavy atom. The van der Waals surface area contributed by atoms with E-state index in [0.717, 1.165) is 12.8 Å². The second kappa shape index (κ2) is 3.77. The first-order chi connectivity index (χ1) is 6.40. The van der Waals surface area contributed by atoms with Crippen molar-refractivity contribution in [1.29, 1.82) is 0 Å². The zero-order chi connectivity index (χ0) is 9.10. The lowest BCUT2D eigenvalue weighted by atomic mass is 9.93. The van der Waals surface area contributed by atoms with Gasteiger partial charge in [0.2, 0.25) is 0 Å². The molecule has 0 aliphatic heterocycles. The van der Waals surface area contributed by atoms with Gasteiger partial charge in [0.25, 0.3) is 0 Å². The number of thiocarbonyl (C=S) groups is 1. The summed E-state index contributed by atoms with van der Waals surface area (Å²) in [5.74, 6) is 0.690. The van der Waals surface area contributed by atoms with E-state index in [-0.39, 0.29) is 0 Å². The molecule has 1 aromatic rings. The molecule has 2 nitrogen and oxygen atoms in total. The molecule has 1 aliphatic rings. The quantitative estimate of drug-likeness (QED) is 0.502. The fourth-order valence-electron chi connectivity index (χ4n) is 1.71. The van der Waals surface area contributed by atoms with Crippen molar-refractivity contribution >= 4 is 23.2 Å². The van der Waals surface area contributed by atoms with Gasteiger partial charge in [0.05, 0.1) is 5.16 Å². The summed E-state index contributed by atoms with van der Waals surface area (Å²) in [4.78, 5) is 8.05. The number of hydrogen-bond donors (Lipinski definition) is 0. The summed E-state index contributed by atoms with van der Waals surface area (Å²) >= 11 is 4.53. The van der Waals surface area contributed by atoms with Crippen molar-refractivity contribution < 1.29 is 0 Å². The minimum Gasteiger partial charge on any atom is -0.236 e. The molecule has 1 heterocycles. The van der Waals surface area contributed by atoms with Gasteiger partial charge in [-0.15, -0.1) is 0 Å². The minimum atomic E-state index is 0.690. The number of aliphatic imine (C=N–C) groups is 1. The molecule has 3 heteroatoms. The summed E-state index contributed by atoms with van der Waals surface area (Å²) in [6, 6.07) is 2.02. The third-order valence-corrected chi connectivity index (χ3v) is 2.46. The van der Waals surface area contributed by atoms with Crippen LogP contribution in [0.3, 0.4) is 0 Å². The van der Waals surface area contributed by atoms with Crippen LogP contribution in [0, 0.1) is 0 Å². The monoisotopic (exact) mass is 190 g/mol. The molecule has 1 aliphatic carbocycles. The highest BCUT2D eigenvalue weighted by molar-refractivity contribution is 7.78. The Balaban J connectivity index is 2.40. The zero-order valence-corrected chi connectivity index (χ0v) is 8.10. The number of rotatable bonds is 1. The topological polar surface area (TPSA) is 25.2 Å². The summed E-state index contributed by atoms with van der Waals surface area (Å²) < 4.78 is 0. The van der Waals surface area contributed by atoms with Crippen LogP contribution in [-0.2, 0) is 12.8 Å². The van der Waals surface area contributed by atoms with Crippen LogP contribution >= 0.6 is 12.2 Å². The Morgan fingerprint density at radius 3 is 2.85 bits per heavy atom. The van der Waals surface area contributed by atoms with E-state index in [1.54, 1.807) is 0 Å². The number of pyridine rings is 1. The number of hydrogen-bond acceptors (Lipinski definition) is 3. The van der Waals surface area contributed by atoms with Gasteiger partial charge < -0.3 is 0 Å². The van der Waals surface area contributed by atoms with E-state index in [4.69, 9.17) is 0 Å². The molecular formula is C10H10N2S. The maximum absolute atomic E-state index is 4.53. The van der Waals surface area contributed by atoms with Crippen molar-refractivity contribution in [1.82, 2.24) is 4.98 Å². The van der Waals surface area contributed by atoms with E-state index >= 15 is 0 Å². The second-order valence-electron chi connectivity index (χ2n) is 3.22. The molecule has 0 saturated carbocycles. The highest BCUT2D eigenvalue weighted by Crippen LogP contribution is 2.23. The SMILES string of the molecule is S=C=Nc1cc2c(cn1)CCCC2. The van der Waals surface area contributed by atoms with Crippen LogP contribution in [0.15, 0.2) is 17.3 Å². The molecule has 1 aromatic heterocycles. The van der Waals surface area contributed by atoms with E-state index in [0.29, 0.717) is 5.82 Å². The van der Waals surface area contributed by atoms with Crippen LogP contribution in [0.25, 0.3) is 0 Å². The van der Waals surface area contributed by atoms with Crippen molar-refractivity contribution in [3.63, 3.8) is 0 Å². The lowest BCUT2D eigenvalue weighted by molar-refractivity contribution is 0.682. The van der Waals surface area contributed by atoms with Crippen LogP contribution in [-0.4, -0.2) is 10.1 Å². The molecule has 0 fully saturated rings. The van der Waals surface area contributed by atoms with E-state index in [1.165, 1.54) is 24.0 Å². The van der Waals surface area contributed by atoms with Crippen molar-refractivity contribution in [2.45, 2.75) is 25.7 Å². The first kappa shape index (κ1) is 8.54. The number of isothiocyanates is 1. The Hall–Kier alpha value is -1.05. The molecule has 13 heavy (non-hydrogen) atoms. The minimum absolute atomic E-state index is 0.690. The first-order valence-electron chi connectivity index (χ1n) is 4.46. The zero-order valence-electron chi connectivity index (χ0n) is 7.29. The van der Waals surface area contributed by atoms with Gasteiger partial charge in [-0.25, -0.2) is 4.98 Å². The Kier molecular flexibility index (Phi) is 2.48. The molecule has 66 valence electrons. The number of nitrogens with zero attached hydrogens (tertiary/aromatic N) is 2. The van der Waals surface area contributed by atoms with Crippen molar-refractivity contribution in [3.05, 3.63) is 23.4 Å².